The number of hydrogen-bond donors (Lipinski definition) is 1. The maximum atomic E-state index is 13.1. The molecule has 2 aromatic rings. The van der Waals surface area contributed by atoms with Crippen molar-refractivity contribution >= 4 is 35.0 Å². The van der Waals surface area contributed by atoms with Crippen molar-refractivity contribution < 1.29 is 18.0 Å². The van der Waals surface area contributed by atoms with Gasteiger partial charge >= 0.3 is 6.18 Å². The smallest absolute Gasteiger partial charge is 0.325 e. The Morgan fingerprint density at radius 1 is 1.33 bits per heavy atom. The molecule has 1 amide bonds. The van der Waals surface area contributed by atoms with E-state index in [9.17, 15) is 18.0 Å². The third-order valence-corrected chi connectivity index (χ3v) is 5.26. The van der Waals surface area contributed by atoms with E-state index in [1.807, 2.05) is 18.4 Å². The van der Waals surface area contributed by atoms with Crippen molar-refractivity contribution in [1.82, 2.24) is 9.55 Å². The Labute approximate surface area is 165 Å². The second kappa shape index (κ2) is 9.01. The molecule has 0 fully saturated rings. The highest BCUT2D eigenvalue weighted by Crippen LogP contribution is 2.36. The van der Waals surface area contributed by atoms with E-state index in [1.165, 1.54) is 17.8 Å². The second-order valence-electron chi connectivity index (χ2n) is 6.09. The van der Waals surface area contributed by atoms with Gasteiger partial charge in [-0.1, -0.05) is 36.7 Å². The first-order chi connectivity index (χ1) is 12.6. The van der Waals surface area contributed by atoms with E-state index in [1.54, 1.807) is 0 Å². The number of halogens is 4. The lowest BCUT2D eigenvalue weighted by Crippen LogP contribution is -2.18. The van der Waals surface area contributed by atoms with Gasteiger partial charge in [-0.2, -0.15) is 13.2 Å². The molecular formula is C18H21ClF3N3OS. The van der Waals surface area contributed by atoms with E-state index in [2.05, 4.69) is 17.2 Å². The SMILES string of the molecule is CCCCn1c(SCC(=O)Nc2ccc(Cl)cc2C(F)(F)F)nc(C)c1C. The topological polar surface area (TPSA) is 46.9 Å². The molecule has 1 heterocycles. The number of nitrogens with one attached hydrogen (secondary N) is 1. The summed E-state index contributed by atoms with van der Waals surface area (Å²) < 4.78 is 41.4. The monoisotopic (exact) mass is 419 g/mol. The van der Waals surface area contributed by atoms with Crippen molar-refractivity contribution in [2.75, 3.05) is 11.1 Å². The summed E-state index contributed by atoms with van der Waals surface area (Å²) >= 11 is 6.86. The minimum absolute atomic E-state index is 0.0397. The molecule has 0 radical (unpaired) electrons. The summed E-state index contributed by atoms with van der Waals surface area (Å²) in [5, 5.41) is 2.98. The number of carbonyl (C=O) groups excluding carboxylic acids is 1. The summed E-state index contributed by atoms with van der Waals surface area (Å²) in [5.41, 5.74) is 0.637. The molecule has 0 aliphatic rings. The van der Waals surface area contributed by atoms with Crippen molar-refractivity contribution in [1.29, 1.82) is 0 Å². The average Bonchev–Trinajstić information content (AvgIpc) is 2.86. The van der Waals surface area contributed by atoms with Gasteiger partial charge in [0.1, 0.15) is 0 Å². The molecule has 2 rings (SSSR count). The van der Waals surface area contributed by atoms with Gasteiger partial charge < -0.3 is 9.88 Å². The standard InChI is InChI=1S/C18H21ClF3N3OS/c1-4-5-8-25-12(3)11(2)23-17(25)27-10-16(26)24-15-7-6-13(19)9-14(15)18(20,21)22/h6-7,9H,4-5,8,10H2,1-3H3,(H,24,26). The molecule has 1 aromatic heterocycles. The van der Waals surface area contributed by atoms with Crippen LogP contribution in [0.1, 0.15) is 36.7 Å². The van der Waals surface area contributed by atoms with Crippen LogP contribution in [-0.4, -0.2) is 21.2 Å². The largest absolute Gasteiger partial charge is 0.418 e. The van der Waals surface area contributed by atoms with Gasteiger partial charge in [-0.15, -0.1) is 0 Å². The van der Waals surface area contributed by atoms with Crippen LogP contribution in [0.15, 0.2) is 23.4 Å². The molecule has 0 bridgehead atoms. The van der Waals surface area contributed by atoms with Gasteiger partial charge in [-0.05, 0) is 38.5 Å². The Morgan fingerprint density at radius 2 is 2.04 bits per heavy atom. The highest BCUT2D eigenvalue weighted by atomic mass is 35.5. The van der Waals surface area contributed by atoms with E-state index >= 15 is 0 Å². The van der Waals surface area contributed by atoms with Crippen molar-refractivity contribution in [2.45, 2.75) is 51.5 Å². The quantitative estimate of drug-likeness (QED) is 0.585. The normalized spacial score (nSPS) is 11.7. The number of carbonyl (C=O) groups is 1. The highest BCUT2D eigenvalue weighted by Gasteiger charge is 2.34. The van der Waals surface area contributed by atoms with Crippen LogP contribution in [0, 0.1) is 13.8 Å². The Kier molecular flexibility index (Phi) is 7.22. The number of rotatable bonds is 7. The van der Waals surface area contributed by atoms with Crippen molar-refractivity contribution in [3.8, 4) is 0 Å². The van der Waals surface area contributed by atoms with E-state index in [0.717, 1.165) is 42.9 Å². The number of unbranched alkanes of at least 4 members (excludes halogenated alkanes) is 1. The van der Waals surface area contributed by atoms with Crippen LogP contribution in [0.25, 0.3) is 0 Å². The molecule has 0 saturated carbocycles. The summed E-state index contributed by atoms with van der Waals surface area (Å²) in [7, 11) is 0. The van der Waals surface area contributed by atoms with Gasteiger partial charge in [-0.3, -0.25) is 4.79 Å². The molecule has 0 aliphatic heterocycles. The van der Waals surface area contributed by atoms with E-state index < -0.39 is 17.6 Å². The lowest BCUT2D eigenvalue weighted by molar-refractivity contribution is -0.137. The van der Waals surface area contributed by atoms with Gasteiger partial charge in [0.2, 0.25) is 5.91 Å². The Balaban J connectivity index is 2.09. The molecule has 148 valence electrons. The summed E-state index contributed by atoms with van der Waals surface area (Å²) in [6.45, 7) is 6.74. The third-order valence-electron chi connectivity index (χ3n) is 4.05. The van der Waals surface area contributed by atoms with Crippen LogP contribution >= 0.6 is 23.4 Å². The van der Waals surface area contributed by atoms with Crippen LogP contribution in [0.2, 0.25) is 5.02 Å². The summed E-state index contributed by atoms with van der Waals surface area (Å²) in [5.74, 6) is -0.574. The number of alkyl halides is 3. The first-order valence-corrected chi connectivity index (χ1v) is 9.83. The van der Waals surface area contributed by atoms with Gasteiger partial charge in [0.25, 0.3) is 0 Å². The molecule has 0 saturated heterocycles. The predicted octanol–water partition coefficient (Wildman–Crippen LogP) is 5.70. The molecule has 0 atom stereocenters. The van der Waals surface area contributed by atoms with Crippen LogP contribution in [0.4, 0.5) is 18.9 Å². The fourth-order valence-corrected chi connectivity index (χ4v) is 3.58. The minimum atomic E-state index is -4.61. The number of aryl methyl sites for hydroxylation is 1. The van der Waals surface area contributed by atoms with Crippen molar-refractivity contribution in [3.63, 3.8) is 0 Å². The zero-order valence-electron chi connectivity index (χ0n) is 15.3. The Bertz CT molecular complexity index is 821. The minimum Gasteiger partial charge on any atom is -0.325 e. The number of amides is 1. The third kappa shape index (κ3) is 5.65. The summed E-state index contributed by atoms with van der Waals surface area (Å²) in [6, 6.07) is 3.27. The van der Waals surface area contributed by atoms with Crippen LogP contribution < -0.4 is 5.32 Å². The van der Waals surface area contributed by atoms with Crippen LogP contribution in [-0.2, 0) is 17.5 Å². The summed E-state index contributed by atoms with van der Waals surface area (Å²) in [4.78, 5) is 16.7. The van der Waals surface area contributed by atoms with Gasteiger partial charge in [0.05, 0.1) is 22.7 Å². The number of anilines is 1. The van der Waals surface area contributed by atoms with E-state index in [0.29, 0.717) is 5.16 Å². The maximum absolute atomic E-state index is 13.1. The number of nitrogens with zero attached hydrogens (tertiary/aromatic N) is 2. The molecule has 0 aliphatic carbocycles. The molecule has 0 spiro atoms. The van der Waals surface area contributed by atoms with Crippen LogP contribution in [0.5, 0.6) is 0 Å². The number of imidazole rings is 1. The number of benzene rings is 1. The van der Waals surface area contributed by atoms with Crippen LogP contribution in [0.3, 0.4) is 0 Å². The Morgan fingerprint density at radius 3 is 2.67 bits per heavy atom. The maximum Gasteiger partial charge on any atom is 0.418 e. The number of thioether (sulfide) groups is 1. The first kappa shape index (κ1) is 21.6. The van der Waals surface area contributed by atoms with Gasteiger partial charge in [-0.25, -0.2) is 4.98 Å². The summed E-state index contributed by atoms with van der Waals surface area (Å²) in [6.07, 6.45) is -2.60. The average molecular weight is 420 g/mol. The van der Waals surface area contributed by atoms with E-state index in [4.69, 9.17) is 11.6 Å². The molecule has 27 heavy (non-hydrogen) atoms. The van der Waals surface area contributed by atoms with Crippen molar-refractivity contribution in [2.24, 2.45) is 0 Å². The number of aromatic nitrogens is 2. The molecule has 9 heteroatoms. The highest BCUT2D eigenvalue weighted by molar-refractivity contribution is 7.99. The lowest BCUT2D eigenvalue weighted by atomic mass is 10.1. The molecular weight excluding hydrogens is 399 g/mol. The molecule has 1 N–H and O–H groups in total. The molecule has 4 nitrogen and oxygen atoms in total. The second-order valence-corrected chi connectivity index (χ2v) is 7.47. The lowest BCUT2D eigenvalue weighted by Gasteiger charge is -2.14. The number of hydrogen-bond acceptors (Lipinski definition) is 3. The first-order valence-electron chi connectivity index (χ1n) is 8.46. The van der Waals surface area contributed by atoms with Gasteiger partial charge in [0.15, 0.2) is 5.16 Å². The molecule has 1 aromatic carbocycles. The fraction of sp³-hybridized carbons (Fsp3) is 0.444. The predicted molar refractivity (Wildman–Crippen MR) is 102 cm³/mol. The zero-order valence-corrected chi connectivity index (χ0v) is 16.9. The molecule has 0 unspecified atom stereocenters. The fourth-order valence-electron chi connectivity index (χ4n) is 2.49. The van der Waals surface area contributed by atoms with Gasteiger partial charge in [0, 0.05) is 17.3 Å². The zero-order chi connectivity index (χ0) is 20.2. The van der Waals surface area contributed by atoms with E-state index in [-0.39, 0.29) is 16.5 Å². The van der Waals surface area contributed by atoms with Crippen molar-refractivity contribution in [3.05, 3.63) is 40.2 Å². The Hall–Kier alpha value is -1.67.